The molecule has 5 nitrogen and oxygen atoms in total. The third-order valence-corrected chi connectivity index (χ3v) is 3.44. The number of hydrogen-bond donors (Lipinski definition) is 1. The number of benzene rings is 1. The second-order valence-electron chi connectivity index (χ2n) is 5.31. The molecule has 21 heavy (non-hydrogen) atoms. The minimum atomic E-state index is 0.0232. The molecule has 1 N–H and O–H groups in total. The van der Waals surface area contributed by atoms with Crippen LogP contribution in [0, 0.1) is 0 Å². The fourth-order valence-corrected chi connectivity index (χ4v) is 2.18. The molecule has 0 bridgehead atoms. The lowest BCUT2D eigenvalue weighted by Crippen LogP contribution is -2.25. The lowest BCUT2D eigenvalue weighted by atomic mass is 10.2. The van der Waals surface area contributed by atoms with Gasteiger partial charge >= 0.3 is 0 Å². The smallest absolute Gasteiger partial charge is 0.225 e. The minimum absolute atomic E-state index is 0.0232. The number of rotatable bonds is 7. The van der Waals surface area contributed by atoms with Crippen molar-refractivity contribution in [3.05, 3.63) is 18.2 Å². The van der Waals surface area contributed by atoms with Crippen LogP contribution >= 0.6 is 0 Å². The molecule has 0 unspecified atom stereocenters. The van der Waals surface area contributed by atoms with Crippen molar-refractivity contribution in [2.45, 2.75) is 26.2 Å². The molecule has 0 saturated carbocycles. The molecule has 0 radical (unpaired) electrons. The fourth-order valence-electron chi connectivity index (χ4n) is 2.18. The molecule has 1 aromatic rings. The first-order valence-corrected chi connectivity index (χ1v) is 7.57. The van der Waals surface area contributed by atoms with Gasteiger partial charge in [-0.3, -0.25) is 4.79 Å². The van der Waals surface area contributed by atoms with Gasteiger partial charge in [0.05, 0.1) is 0 Å². The Morgan fingerprint density at radius 3 is 2.76 bits per heavy atom. The molecular weight excluding hydrogens is 268 g/mol. The first-order chi connectivity index (χ1) is 10.2. The van der Waals surface area contributed by atoms with Crippen LogP contribution < -0.4 is 14.8 Å². The number of nitrogens with one attached hydrogen (secondary N) is 1. The maximum atomic E-state index is 11.9. The van der Waals surface area contributed by atoms with Crippen LogP contribution in [0.15, 0.2) is 18.2 Å². The van der Waals surface area contributed by atoms with Gasteiger partial charge in [-0.1, -0.05) is 13.3 Å². The number of fused-ring (bicyclic) bond motifs is 1. The van der Waals surface area contributed by atoms with Gasteiger partial charge in [-0.15, -0.1) is 0 Å². The van der Waals surface area contributed by atoms with Crippen molar-refractivity contribution in [2.24, 2.45) is 0 Å². The molecule has 1 amide bonds. The van der Waals surface area contributed by atoms with Crippen molar-refractivity contribution in [2.75, 3.05) is 38.7 Å². The first kappa shape index (κ1) is 15.6. The molecule has 0 aromatic heterocycles. The van der Waals surface area contributed by atoms with Gasteiger partial charge in [0.2, 0.25) is 5.91 Å². The Balaban J connectivity index is 1.80. The summed E-state index contributed by atoms with van der Waals surface area (Å²) in [6.45, 7) is 5.10. The summed E-state index contributed by atoms with van der Waals surface area (Å²) in [4.78, 5) is 14.1. The second-order valence-corrected chi connectivity index (χ2v) is 5.31. The van der Waals surface area contributed by atoms with Crippen molar-refractivity contribution < 1.29 is 14.3 Å². The van der Waals surface area contributed by atoms with E-state index in [0.29, 0.717) is 25.4 Å². The fraction of sp³-hybridized carbons (Fsp3) is 0.562. The summed E-state index contributed by atoms with van der Waals surface area (Å²) in [6, 6.07) is 5.48. The summed E-state index contributed by atoms with van der Waals surface area (Å²) in [7, 11) is 2.05. The largest absolute Gasteiger partial charge is 0.486 e. The monoisotopic (exact) mass is 292 g/mol. The molecule has 1 aliphatic rings. The Morgan fingerprint density at radius 2 is 2.00 bits per heavy atom. The van der Waals surface area contributed by atoms with Crippen molar-refractivity contribution in [3.8, 4) is 11.5 Å². The van der Waals surface area contributed by atoms with E-state index in [0.717, 1.165) is 24.5 Å². The molecule has 0 atom stereocenters. The zero-order valence-corrected chi connectivity index (χ0v) is 12.9. The Bertz CT molecular complexity index is 477. The van der Waals surface area contributed by atoms with E-state index < -0.39 is 0 Å². The highest BCUT2D eigenvalue weighted by Crippen LogP contribution is 2.32. The van der Waals surface area contributed by atoms with Crippen LogP contribution in [0.25, 0.3) is 0 Å². The number of nitrogens with zero attached hydrogens (tertiary/aromatic N) is 1. The standard InChI is InChI=1S/C16H24N2O3/c1-3-4-8-18(2)9-7-16(19)17-13-5-6-14-15(12-13)21-11-10-20-14/h5-6,12H,3-4,7-11H2,1-2H3,(H,17,19). The van der Waals surface area contributed by atoms with E-state index in [1.165, 1.54) is 12.8 Å². The highest BCUT2D eigenvalue weighted by molar-refractivity contribution is 5.91. The molecule has 5 heteroatoms. The molecule has 0 saturated heterocycles. The van der Waals surface area contributed by atoms with E-state index in [1.807, 2.05) is 25.2 Å². The molecule has 1 aliphatic heterocycles. The molecule has 1 heterocycles. The zero-order chi connectivity index (χ0) is 15.1. The number of hydrogen-bond acceptors (Lipinski definition) is 4. The van der Waals surface area contributed by atoms with Crippen molar-refractivity contribution in [1.29, 1.82) is 0 Å². The highest BCUT2D eigenvalue weighted by Gasteiger charge is 2.12. The molecule has 0 spiro atoms. The summed E-state index contributed by atoms with van der Waals surface area (Å²) >= 11 is 0. The number of carbonyl (C=O) groups excluding carboxylic acids is 1. The van der Waals surface area contributed by atoms with Gasteiger partial charge in [0.15, 0.2) is 11.5 Å². The molecular formula is C16H24N2O3. The van der Waals surface area contributed by atoms with Gasteiger partial charge in [-0.2, -0.15) is 0 Å². The number of amides is 1. The van der Waals surface area contributed by atoms with Gasteiger partial charge in [-0.05, 0) is 32.1 Å². The lowest BCUT2D eigenvalue weighted by molar-refractivity contribution is -0.116. The van der Waals surface area contributed by atoms with E-state index in [4.69, 9.17) is 9.47 Å². The third kappa shape index (κ3) is 4.93. The quantitative estimate of drug-likeness (QED) is 0.839. The topological polar surface area (TPSA) is 50.8 Å². The van der Waals surface area contributed by atoms with E-state index in [2.05, 4.69) is 17.1 Å². The predicted molar refractivity (Wildman–Crippen MR) is 83.1 cm³/mol. The summed E-state index contributed by atoms with van der Waals surface area (Å²) in [5, 5.41) is 2.90. The van der Waals surface area contributed by atoms with Gasteiger partial charge < -0.3 is 19.7 Å². The highest BCUT2D eigenvalue weighted by atomic mass is 16.6. The Hall–Kier alpha value is -1.75. The Kier molecular flexibility index (Phi) is 5.87. The predicted octanol–water partition coefficient (Wildman–Crippen LogP) is 2.52. The maximum absolute atomic E-state index is 11.9. The molecule has 0 aliphatic carbocycles. The van der Waals surface area contributed by atoms with E-state index in [-0.39, 0.29) is 5.91 Å². The van der Waals surface area contributed by atoms with Gasteiger partial charge in [0.25, 0.3) is 0 Å². The van der Waals surface area contributed by atoms with Gasteiger partial charge in [0.1, 0.15) is 13.2 Å². The van der Waals surface area contributed by atoms with Crippen molar-refractivity contribution >= 4 is 11.6 Å². The van der Waals surface area contributed by atoms with Crippen LogP contribution in [0.2, 0.25) is 0 Å². The van der Waals surface area contributed by atoms with Crippen LogP contribution in [0.4, 0.5) is 5.69 Å². The van der Waals surface area contributed by atoms with Crippen molar-refractivity contribution in [3.63, 3.8) is 0 Å². The Morgan fingerprint density at radius 1 is 1.24 bits per heavy atom. The van der Waals surface area contributed by atoms with Crippen LogP contribution in [0.1, 0.15) is 26.2 Å². The Labute approximate surface area is 126 Å². The maximum Gasteiger partial charge on any atom is 0.225 e. The minimum Gasteiger partial charge on any atom is -0.486 e. The van der Waals surface area contributed by atoms with E-state index in [9.17, 15) is 4.79 Å². The van der Waals surface area contributed by atoms with Crippen LogP contribution in [-0.4, -0.2) is 44.2 Å². The van der Waals surface area contributed by atoms with Crippen LogP contribution in [0.5, 0.6) is 11.5 Å². The van der Waals surface area contributed by atoms with Gasteiger partial charge in [0, 0.05) is 24.7 Å². The summed E-state index contributed by atoms with van der Waals surface area (Å²) < 4.78 is 11.0. The normalized spacial score (nSPS) is 13.3. The average molecular weight is 292 g/mol. The number of carbonyl (C=O) groups is 1. The average Bonchev–Trinajstić information content (AvgIpc) is 2.50. The molecule has 116 valence electrons. The molecule has 0 fully saturated rings. The summed E-state index contributed by atoms with van der Waals surface area (Å²) in [5.74, 6) is 1.45. The third-order valence-electron chi connectivity index (χ3n) is 3.44. The summed E-state index contributed by atoms with van der Waals surface area (Å²) in [5.41, 5.74) is 0.750. The van der Waals surface area contributed by atoms with Gasteiger partial charge in [-0.25, -0.2) is 0 Å². The van der Waals surface area contributed by atoms with Crippen molar-refractivity contribution in [1.82, 2.24) is 4.90 Å². The molecule has 2 rings (SSSR count). The van der Waals surface area contributed by atoms with E-state index >= 15 is 0 Å². The van der Waals surface area contributed by atoms with Crippen LogP contribution in [0.3, 0.4) is 0 Å². The number of anilines is 1. The first-order valence-electron chi connectivity index (χ1n) is 7.57. The van der Waals surface area contributed by atoms with E-state index in [1.54, 1.807) is 0 Å². The van der Waals surface area contributed by atoms with Crippen LogP contribution in [-0.2, 0) is 4.79 Å². The molecule has 1 aromatic carbocycles. The second kappa shape index (κ2) is 7.88. The number of ether oxygens (including phenoxy) is 2. The summed E-state index contributed by atoms with van der Waals surface area (Å²) in [6.07, 6.45) is 2.84. The lowest BCUT2D eigenvalue weighted by Gasteiger charge is -2.19. The number of unbranched alkanes of at least 4 members (excludes halogenated alkanes) is 1. The zero-order valence-electron chi connectivity index (χ0n) is 12.9. The SMILES string of the molecule is CCCCN(C)CCC(=O)Nc1ccc2c(c1)OCCO2.